The lowest BCUT2D eigenvalue weighted by molar-refractivity contribution is 0.102. The molecule has 26 heavy (non-hydrogen) atoms. The van der Waals surface area contributed by atoms with E-state index in [0.29, 0.717) is 16.5 Å². The monoisotopic (exact) mass is 363 g/mol. The Labute approximate surface area is 152 Å². The third-order valence-corrected chi connectivity index (χ3v) is 4.26. The molecule has 4 aromatic rings. The van der Waals surface area contributed by atoms with Crippen LogP contribution in [0.5, 0.6) is 0 Å². The van der Waals surface area contributed by atoms with E-state index in [0.717, 1.165) is 11.4 Å². The van der Waals surface area contributed by atoms with Crippen LogP contribution in [-0.4, -0.2) is 31.1 Å². The minimum atomic E-state index is -0.266. The number of anilines is 3. The molecule has 0 radical (unpaired) electrons. The molecule has 2 aromatic carbocycles. The first kappa shape index (κ1) is 15.9. The lowest BCUT2D eigenvalue weighted by Crippen LogP contribution is -2.12. The van der Waals surface area contributed by atoms with Crippen LogP contribution in [0.4, 0.5) is 16.5 Å². The topological polar surface area (TPSA) is 97.6 Å². The van der Waals surface area contributed by atoms with Crippen molar-refractivity contribution < 1.29 is 4.79 Å². The maximum Gasteiger partial charge on any atom is 0.275 e. The number of amides is 1. The summed E-state index contributed by atoms with van der Waals surface area (Å²) >= 11 is 1.38. The first-order valence-corrected chi connectivity index (χ1v) is 8.58. The van der Waals surface area contributed by atoms with Crippen molar-refractivity contribution in [2.75, 3.05) is 10.6 Å². The predicted octanol–water partition coefficient (Wildman–Crippen LogP) is 3.11. The summed E-state index contributed by atoms with van der Waals surface area (Å²) in [6.07, 6.45) is 1.50. The molecule has 0 unspecified atom stereocenters. The van der Waals surface area contributed by atoms with Gasteiger partial charge in [-0.05, 0) is 46.8 Å². The molecule has 2 N–H and O–H groups in total. The number of carbonyl (C=O) groups excluding carboxylic acids is 1. The summed E-state index contributed by atoms with van der Waals surface area (Å²) < 4.78 is 1.54. The standard InChI is InChI=1S/C17H13N7OS/c25-16(15-10-26-17(21-15)20-12-4-2-1-3-5-12)19-13-6-8-14(9-7-13)24-11-18-22-23-24/h1-11H,(H,19,25)(H,20,21). The Morgan fingerprint density at radius 3 is 2.54 bits per heavy atom. The second-order valence-corrected chi connectivity index (χ2v) is 6.14. The highest BCUT2D eigenvalue weighted by atomic mass is 32.1. The van der Waals surface area contributed by atoms with Gasteiger partial charge in [-0.25, -0.2) is 9.67 Å². The molecule has 0 aliphatic carbocycles. The fourth-order valence-electron chi connectivity index (χ4n) is 2.25. The van der Waals surface area contributed by atoms with Crippen molar-refractivity contribution in [1.82, 2.24) is 25.2 Å². The van der Waals surface area contributed by atoms with Gasteiger partial charge in [0.05, 0.1) is 5.69 Å². The molecule has 9 heteroatoms. The molecular formula is C17H13N7OS. The van der Waals surface area contributed by atoms with E-state index in [1.807, 2.05) is 42.5 Å². The van der Waals surface area contributed by atoms with E-state index in [4.69, 9.17) is 0 Å². The zero-order chi connectivity index (χ0) is 17.8. The number of hydrogen-bond donors (Lipinski definition) is 2. The smallest absolute Gasteiger partial charge is 0.275 e. The average Bonchev–Trinajstić information content (AvgIpc) is 3.35. The molecule has 0 saturated carbocycles. The molecule has 0 fully saturated rings. The van der Waals surface area contributed by atoms with E-state index >= 15 is 0 Å². The van der Waals surface area contributed by atoms with Gasteiger partial charge in [0.1, 0.15) is 12.0 Å². The summed E-state index contributed by atoms with van der Waals surface area (Å²) in [6.45, 7) is 0. The molecule has 0 bridgehead atoms. The third kappa shape index (κ3) is 3.57. The number of nitrogens with zero attached hydrogens (tertiary/aromatic N) is 5. The number of para-hydroxylation sites is 1. The molecular weight excluding hydrogens is 350 g/mol. The Kier molecular flexibility index (Phi) is 4.35. The third-order valence-electron chi connectivity index (χ3n) is 3.50. The molecule has 8 nitrogen and oxygen atoms in total. The maximum atomic E-state index is 12.4. The Hall–Kier alpha value is -3.59. The Balaban J connectivity index is 1.42. The van der Waals surface area contributed by atoms with Gasteiger partial charge in [0, 0.05) is 16.8 Å². The number of carbonyl (C=O) groups is 1. The van der Waals surface area contributed by atoms with Gasteiger partial charge in [0.25, 0.3) is 5.91 Å². The molecule has 2 aromatic heterocycles. The number of tetrazole rings is 1. The molecule has 2 heterocycles. The van der Waals surface area contributed by atoms with Crippen molar-refractivity contribution >= 4 is 33.8 Å². The van der Waals surface area contributed by atoms with Crippen molar-refractivity contribution in [1.29, 1.82) is 0 Å². The second-order valence-electron chi connectivity index (χ2n) is 5.28. The average molecular weight is 363 g/mol. The van der Waals surface area contributed by atoms with Crippen LogP contribution in [0, 0.1) is 0 Å². The SMILES string of the molecule is O=C(Nc1ccc(-n2cnnn2)cc1)c1csc(Nc2ccccc2)n1. The molecule has 4 rings (SSSR count). The summed E-state index contributed by atoms with van der Waals surface area (Å²) in [5.74, 6) is -0.266. The number of rotatable bonds is 5. The first-order valence-electron chi connectivity index (χ1n) is 7.70. The zero-order valence-corrected chi connectivity index (χ0v) is 14.2. The van der Waals surface area contributed by atoms with Gasteiger partial charge in [-0.15, -0.1) is 16.4 Å². The summed E-state index contributed by atoms with van der Waals surface area (Å²) in [7, 11) is 0. The number of nitrogens with one attached hydrogen (secondary N) is 2. The van der Waals surface area contributed by atoms with Gasteiger partial charge in [0.15, 0.2) is 5.13 Å². The minimum Gasteiger partial charge on any atom is -0.332 e. The number of hydrogen-bond acceptors (Lipinski definition) is 7. The van der Waals surface area contributed by atoms with Crippen LogP contribution in [0.15, 0.2) is 66.3 Å². The number of aromatic nitrogens is 5. The molecule has 0 aliphatic heterocycles. The first-order chi connectivity index (χ1) is 12.8. The van der Waals surface area contributed by atoms with Gasteiger partial charge in [-0.3, -0.25) is 4.79 Å². The molecule has 0 atom stereocenters. The largest absolute Gasteiger partial charge is 0.332 e. The highest BCUT2D eigenvalue weighted by Gasteiger charge is 2.11. The van der Waals surface area contributed by atoms with Crippen molar-refractivity contribution in [2.45, 2.75) is 0 Å². The van der Waals surface area contributed by atoms with Crippen molar-refractivity contribution in [3.63, 3.8) is 0 Å². The van der Waals surface area contributed by atoms with Gasteiger partial charge >= 0.3 is 0 Å². The van der Waals surface area contributed by atoms with Crippen molar-refractivity contribution in [2.24, 2.45) is 0 Å². The number of thiazole rings is 1. The van der Waals surface area contributed by atoms with Crippen LogP contribution in [-0.2, 0) is 0 Å². The lowest BCUT2D eigenvalue weighted by Gasteiger charge is -2.05. The molecule has 0 spiro atoms. The van der Waals surface area contributed by atoms with E-state index in [9.17, 15) is 4.79 Å². The van der Waals surface area contributed by atoms with Crippen LogP contribution in [0.2, 0.25) is 0 Å². The molecule has 1 amide bonds. The summed E-state index contributed by atoms with van der Waals surface area (Å²) in [5.41, 5.74) is 2.75. The summed E-state index contributed by atoms with van der Waals surface area (Å²) in [5, 5.41) is 19.4. The highest BCUT2D eigenvalue weighted by Crippen LogP contribution is 2.21. The van der Waals surface area contributed by atoms with Gasteiger partial charge in [0.2, 0.25) is 0 Å². The Morgan fingerprint density at radius 1 is 1.00 bits per heavy atom. The normalized spacial score (nSPS) is 10.5. The molecule has 0 saturated heterocycles. The van der Waals surface area contributed by atoms with E-state index in [2.05, 4.69) is 31.1 Å². The fraction of sp³-hybridized carbons (Fsp3) is 0. The van der Waals surface area contributed by atoms with Gasteiger partial charge in [-0.2, -0.15) is 0 Å². The summed E-state index contributed by atoms with van der Waals surface area (Å²) in [4.78, 5) is 16.7. The van der Waals surface area contributed by atoms with E-state index in [1.165, 1.54) is 22.3 Å². The van der Waals surface area contributed by atoms with E-state index in [-0.39, 0.29) is 5.91 Å². The van der Waals surface area contributed by atoms with Crippen molar-refractivity contribution in [3.05, 3.63) is 72.0 Å². The Bertz CT molecular complexity index is 997. The maximum absolute atomic E-state index is 12.4. The predicted molar refractivity (Wildman–Crippen MR) is 98.9 cm³/mol. The van der Waals surface area contributed by atoms with Gasteiger partial charge < -0.3 is 10.6 Å². The van der Waals surface area contributed by atoms with E-state index < -0.39 is 0 Å². The molecule has 0 aliphatic rings. The molecule has 128 valence electrons. The second kappa shape index (κ2) is 7.11. The highest BCUT2D eigenvalue weighted by molar-refractivity contribution is 7.14. The fourth-order valence-corrected chi connectivity index (χ4v) is 2.96. The minimum absolute atomic E-state index is 0.266. The quantitative estimate of drug-likeness (QED) is 0.565. The lowest BCUT2D eigenvalue weighted by atomic mass is 10.2. The van der Waals surface area contributed by atoms with Crippen LogP contribution < -0.4 is 10.6 Å². The van der Waals surface area contributed by atoms with Crippen LogP contribution in [0.1, 0.15) is 10.5 Å². The van der Waals surface area contributed by atoms with Crippen molar-refractivity contribution in [3.8, 4) is 5.69 Å². The summed E-state index contributed by atoms with van der Waals surface area (Å²) in [6, 6.07) is 16.9. The Morgan fingerprint density at radius 2 is 1.81 bits per heavy atom. The van der Waals surface area contributed by atoms with Crippen LogP contribution >= 0.6 is 11.3 Å². The zero-order valence-electron chi connectivity index (χ0n) is 13.4. The van der Waals surface area contributed by atoms with Crippen LogP contribution in [0.25, 0.3) is 5.69 Å². The van der Waals surface area contributed by atoms with Gasteiger partial charge in [-0.1, -0.05) is 18.2 Å². The van der Waals surface area contributed by atoms with E-state index in [1.54, 1.807) is 17.5 Å². The number of benzene rings is 2. The van der Waals surface area contributed by atoms with Crippen LogP contribution in [0.3, 0.4) is 0 Å².